The Morgan fingerprint density at radius 1 is 0.391 bits per heavy atom. The van der Waals surface area contributed by atoms with E-state index >= 15 is 0 Å². The quantitative estimate of drug-likeness (QED) is 0.0206. The maximum atomic E-state index is 12.4. The smallest absolute Gasteiger partial charge is 0.394 e. The number of hydrogen-bond donors (Lipinski definition) is 24. The summed E-state index contributed by atoms with van der Waals surface area (Å²) in [6.07, 6.45) is -62.6. The number of aliphatic hydroxyl groups excluding tert-OH is 17. The number of hydrogen-bond acceptors (Lipinski definition) is 37. The summed E-state index contributed by atoms with van der Waals surface area (Å²) in [5.74, 6) is 3.21. The van der Waals surface area contributed by atoms with Gasteiger partial charge in [0.2, 0.25) is 5.91 Å². The van der Waals surface area contributed by atoms with Crippen LogP contribution < -0.4 is 16.7 Å². The third kappa shape index (κ3) is 19.3. The maximum absolute atomic E-state index is 12.4. The second-order valence-corrected chi connectivity index (χ2v) is 22.9. The van der Waals surface area contributed by atoms with Crippen LogP contribution >= 0.6 is 15.6 Å². The number of nitrogens with two attached hydrogens (primary N) is 1. The highest BCUT2D eigenvalue weighted by molar-refractivity contribution is 7.46. The first-order valence-corrected chi connectivity index (χ1v) is 29.3. The molecule has 45 heteroatoms. The standard InChI is InChI=1S/C42H75N3O40P2/c43-74-10-18(49)45-44-17(48)2-1-3-71-38-33(64)34(83-42-36(29(60)20(51)12(5-47)78-42)85-40-32(63)27(58)23(54)16(82-40)9-76-87(68,69)70)24(55)14(80-38)7-72-37-30(61)25(56)21(52)13(79-37)6-73-41-35(28(59)19(50)11(4-46)77-41)84-39-31(62)26(57)22(53)15(81-39)8-75-86(65,66)67/h11-16,19-42,46-47,50-64H,1-10,43H2,(H,44,48)(H,45,49)(H2,65,66,67)(H2,68,69,70)/t11-,12-,13-,14-,15-,16-,19-,20-,21-,22-,23-,24-,25+,26+,27+,28+,29+,30+,31+,32+,33+,34+,35+,36+,37+,38-,39-,40-,41+,42-/m1/s1. The highest BCUT2D eigenvalue weighted by atomic mass is 31.2. The van der Waals surface area contributed by atoms with E-state index in [2.05, 4.69) is 19.3 Å². The largest absolute Gasteiger partial charge is 0.469 e. The Morgan fingerprint density at radius 3 is 1.21 bits per heavy atom. The summed E-state index contributed by atoms with van der Waals surface area (Å²) >= 11 is 0. The average molecular weight is 1320 g/mol. The lowest BCUT2D eigenvalue weighted by molar-refractivity contribution is -0.391. The molecule has 508 valence electrons. The fourth-order valence-electron chi connectivity index (χ4n) is 9.44. The minimum Gasteiger partial charge on any atom is -0.394 e. The SMILES string of the molecule is NOCC(=O)NNC(=O)CCCO[C@@H]1O[C@H](CO[C@H]2O[C@H](CO[C@H]3O[C@H](CO)[C@@H](O)[C@H](O)[C@@H]3O[C@H]3O[C@H](COP(=O)(O)O)[C@@H](O)[C@H](O)[C@@H]3O)[C@@H](O)[C@H](O)[C@@H]2O)[C@@H](O)[C@H](O[C@H]2O[C@H](CO)[C@@H](O)[C@H](O)[C@@H]2O[C@H]2O[C@H](COP(=O)(O)O)[C@@H](O)[C@H](O)[C@@H]2O)[C@@H]1O. The molecule has 0 aromatic rings. The van der Waals surface area contributed by atoms with E-state index < -0.39 is 265 Å². The molecule has 0 bridgehead atoms. The van der Waals surface area contributed by atoms with Crippen molar-refractivity contribution in [3.05, 3.63) is 0 Å². The van der Waals surface area contributed by atoms with Crippen LogP contribution in [0.4, 0.5) is 0 Å². The minimum absolute atomic E-state index is 0.197. The molecule has 6 aliphatic heterocycles. The van der Waals surface area contributed by atoms with Crippen molar-refractivity contribution in [1.82, 2.24) is 10.9 Å². The number of phosphoric acid groups is 2. The Balaban J connectivity index is 1.20. The Hall–Kier alpha value is -2.08. The molecule has 6 heterocycles. The molecule has 0 spiro atoms. The van der Waals surface area contributed by atoms with Gasteiger partial charge in [-0.25, -0.2) is 15.0 Å². The Morgan fingerprint density at radius 2 is 0.747 bits per heavy atom. The lowest BCUT2D eigenvalue weighted by atomic mass is 9.96. The van der Waals surface area contributed by atoms with Crippen LogP contribution in [0, 0.1) is 0 Å². The number of phosphoric ester groups is 2. The fraction of sp³-hybridized carbons (Fsp3) is 0.952. The second-order valence-electron chi connectivity index (χ2n) is 20.4. The first-order valence-electron chi connectivity index (χ1n) is 26.3. The van der Waals surface area contributed by atoms with E-state index in [1.165, 1.54) is 0 Å². The number of amides is 2. The first kappa shape index (κ1) is 74.0. The van der Waals surface area contributed by atoms with Gasteiger partial charge in [-0.3, -0.25) is 34.3 Å². The molecule has 2 amide bonds. The topological polar surface area (TPSA) is 682 Å². The van der Waals surface area contributed by atoms with Crippen molar-refractivity contribution in [2.75, 3.05) is 52.9 Å². The number of hydrazine groups is 1. The van der Waals surface area contributed by atoms with Gasteiger partial charge < -0.3 is 163 Å². The summed E-state index contributed by atoms with van der Waals surface area (Å²) in [4.78, 5) is 64.9. The molecule has 6 aliphatic rings. The van der Waals surface area contributed by atoms with Gasteiger partial charge >= 0.3 is 15.6 Å². The van der Waals surface area contributed by atoms with E-state index in [-0.39, 0.29) is 12.8 Å². The summed E-state index contributed by atoms with van der Waals surface area (Å²) in [5, 5.41) is 184. The van der Waals surface area contributed by atoms with Gasteiger partial charge in [0.25, 0.3) is 5.91 Å². The molecular formula is C42H75N3O40P2. The number of rotatable bonds is 27. The molecule has 0 unspecified atom stereocenters. The van der Waals surface area contributed by atoms with E-state index in [0.717, 1.165) is 0 Å². The van der Waals surface area contributed by atoms with Crippen LogP contribution in [0.3, 0.4) is 0 Å². The Bertz CT molecular complexity index is 2230. The molecule has 43 nitrogen and oxygen atoms in total. The predicted molar refractivity (Wildman–Crippen MR) is 260 cm³/mol. The Kier molecular flexibility index (Phi) is 27.8. The zero-order chi connectivity index (χ0) is 64.6. The van der Waals surface area contributed by atoms with Gasteiger partial charge in [0.05, 0.1) is 46.2 Å². The average Bonchev–Trinajstić information content (AvgIpc) is 1.28. The van der Waals surface area contributed by atoms with Gasteiger partial charge in [-0.05, 0) is 6.42 Å². The van der Waals surface area contributed by atoms with Gasteiger partial charge in [-0.1, -0.05) is 0 Å². The number of nitrogens with one attached hydrogen (secondary N) is 2. The summed E-state index contributed by atoms with van der Waals surface area (Å²) in [7, 11) is -10.5. The van der Waals surface area contributed by atoms with E-state index in [9.17, 15) is 115 Å². The van der Waals surface area contributed by atoms with Crippen molar-refractivity contribution in [3.63, 3.8) is 0 Å². The summed E-state index contributed by atoms with van der Waals surface area (Å²) in [6.45, 7) is -7.36. The van der Waals surface area contributed by atoms with Gasteiger partial charge in [0.1, 0.15) is 153 Å². The van der Waals surface area contributed by atoms with E-state index in [1.54, 1.807) is 0 Å². The van der Waals surface area contributed by atoms with Crippen molar-refractivity contribution in [2.24, 2.45) is 5.90 Å². The highest BCUT2D eigenvalue weighted by Crippen LogP contribution is 2.40. The number of aliphatic hydroxyl groups is 17. The Labute approximate surface area is 489 Å². The normalized spacial score (nSPS) is 44.1. The summed E-state index contributed by atoms with van der Waals surface area (Å²) < 4.78 is 99.4. The van der Waals surface area contributed by atoms with E-state index in [1.807, 2.05) is 5.43 Å². The third-order valence-corrected chi connectivity index (χ3v) is 15.2. The maximum Gasteiger partial charge on any atom is 0.469 e. The van der Waals surface area contributed by atoms with Crippen LogP contribution in [0.15, 0.2) is 0 Å². The van der Waals surface area contributed by atoms with Gasteiger partial charge in [0, 0.05) is 6.42 Å². The molecule has 0 aromatic heterocycles. The molecule has 30 atom stereocenters. The van der Waals surface area contributed by atoms with Crippen LogP contribution in [0.2, 0.25) is 0 Å². The molecule has 25 N–H and O–H groups in total. The number of ether oxygens (including phenoxy) is 12. The first-order chi connectivity index (χ1) is 40.8. The van der Waals surface area contributed by atoms with Gasteiger partial charge in [-0.15, -0.1) is 0 Å². The molecule has 0 saturated carbocycles. The lowest BCUT2D eigenvalue weighted by Gasteiger charge is -2.48. The van der Waals surface area contributed by atoms with Crippen LogP contribution in [0.5, 0.6) is 0 Å². The van der Waals surface area contributed by atoms with E-state index in [0.29, 0.717) is 0 Å². The van der Waals surface area contributed by atoms with Crippen LogP contribution in [-0.4, -0.2) is 355 Å². The molecule has 6 fully saturated rings. The zero-order valence-corrected chi connectivity index (χ0v) is 46.8. The number of carbonyl (C=O) groups excluding carboxylic acids is 2. The molecule has 6 saturated heterocycles. The molecule has 0 radical (unpaired) electrons. The second kappa shape index (κ2) is 32.7. The highest BCUT2D eigenvalue weighted by Gasteiger charge is 2.57. The van der Waals surface area contributed by atoms with Crippen molar-refractivity contribution < 1.29 is 196 Å². The number of carbonyl (C=O) groups is 2. The van der Waals surface area contributed by atoms with Gasteiger partial charge in [0.15, 0.2) is 37.7 Å². The summed E-state index contributed by atoms with van der Waals surface area (Å²) in [5.41, 5.74) is 4.06. The molecule has 87 heavy (non-hydrogen) atoms. The van der Waals surface area contributed by atoms with Crippen LogP contribution in [0.25, 0.3) is 0 Å². The molecular weight excluding hydrogens is 1250 g/mol. The zero-order valence-electron chi connectivity index (χ0n) is 45.0. The lowest BCUT2D eigenvalue weighted by Crippen LogP contribution is -2.67. The fourth-order valence-corrected chi connectivity index (χ4v) is 10.1. The predicted octanol–water partition coefficient (Wildman–Crippen LogP) is -15.0. The summed E-state index contributed by atoms with van der Waals surface area (Å²) in [6, 6.07) is 0. The van der Waals surface area contributed by atoms with Crippen molar-refractivity contribution in [2.45, 2.75) is 197 Å². The molecule has 0 aliphatic carbocycles. The van der Waals surface area contributed by atoms with Crippen molar-refractivity contribution in [3.8, 4) is 0 Å². The van der Waals surface area contributed by atoms with Crippen LogP contribution in [0.1, 0.15) is 12.8 Å². The van der Waals surface area contributed by atoms with E-state index in [4.69, 9.17) is 72.5 Å². The van der Waals surface area contributed by atoms with Crippen molar-refractivity contribution >= 4 is 27.5 Å². The monoisotopic (exact) mass is 1320 g/mol. The van der Waals surface area contributed by atoms with Gasteiger partial charge in [-0.2, -0.15) is 0 Å². The van der Waals surface area contributed by atoms with Crippen LogP contribution in [-0.2, 0) is 89.4 Å². The van der Waals surface area contributed by atoms with Crippen molar-refractivity contribution in [1.29, 1.82) is 0 Å². The third-order valence-electron chi connectivity index (χ3n) is 14.2. The molecule has 0 aromatic carbocycles. The molecule has 6 rings (SSSR count). The minimum atomic E-state index is -5.25.